The Kier molecular flexibility index (Phi) is 5.27. The van der Waals surface area contributed by atoms with Crippen LogP contribution in [-0.2, 0) is 30.9 Å². The summed E-state index contributed by atoms with van der Waals surface area (Å²) in [5.41, 5.74) is 0. The van der Waals surface area contributed by atoms with Gasteiger partial charge in [-0.25, -0.2) is 9.78 Å². The van der Waals surface area contributed by atoms with Gasteiger partial charge in [0.15, 0.2) is 10.0 Å². The molecule has 2 unspecified atom stereocenters. The molecule has 1 aromatic rings. The second kappa shape index (κ2) is 7.04. The van der Waals surface area contributed by atoms with Gasteiger partial charge in [-0.3, -0.25) is 14.7 Å². The molecule has 3 N–H and O–H groups in total. The molecule has 0 aliphatic carbocycles. The standard InChI is InChI=1S/C11H12F3N5O7S3/c12-11(13,14)9-16-7(4-27-9)28(21,22)17-8(15)6-2-1-5-3-18(6)10(20)19(5)26-29(23,24)25/h4-6H,1-3H2,(H2,15,17)(H,23,24,25). The quantitative estimate of drug-likeness (QED) is 0.310. The lowest BCUT2D eigenvalue weighted by Crippen LogP contribution is -2.50. The van der Waals surface area contributed by atoms with Gasteiger partial charge in [-0.15, -0.1) is 15.6 Å². The Morgan fingerprint density at radius 3 is 2.55 bits per heavy atom. The summed E-state index contributed by atoms with van der Waals surface area (Å²) in [6, 6.07) is -2.91. The van der Waals surface area contributed by atoms with E-state index in [1.807, 2.05) is 0 Å². The zero-order valence-corrected chi connectivity index (χ0v) is 16.4. The number of amidine groups is 1. The molecule has 29 heavy (non-hydrogen) atoms. The first-order valence-electron chi connectivity index (χ1n) is 7.60. The highest BCUT2D eigenvalue weighted by atomic mass is 32.3. The van der Waals surface area contributed by atoms with Crippen LogP contribution in [0.3, 0.4) is 0 Å². The average molecular weight is 479 g/mol. The van der Waals surface area contributed by atoms with Crippen molar-refractivity contribution in [3.8, 4) is 0 Å². The van der Waals surface area contributed by atoms with Crippen LogP contribution >= 0.6 is 11.3 Å². The topological polar surface area (TPSA) is 170 Å². The summed E-state index contributed by atoms with van der Waals surface area (Å²) in [4.78, 5) is 16.2. The Morgan fingerprint density at radius 2 is 2.00 bits per heavy atom. The van der Waals surface area contributed by atoms with Crippen LogP contribution in [0.2, 0.25) is 0 Å². The summed E-state index contributed by atoms with van der Waals surface area (Å²) in [6.45, 7) is -0.113. The molecule has 18 heteroatoms. The average Bonchev–Trinajstić information content (AvgIpc) is 3.15. The number of nitrogens with zero attached hydrogens (tertiary/aromatic N) is 3. The summed E-state index contributed by atoms with van der Waals surface area (Å²) >= 11 is 0.0696. The number of sulfonamides is 1. The Bertz CT molecular complexity index is 1050. The molecule has 2 fully saturated rings. The zero-order valence-electron chi connectivity index (χ0n) is 14.0. The molecule has 0 aromatic carbocycles. The number of rotatable bonds is 5. The molecule has 1 aromatic heterocycles. The van der Waals surface area contributed by atoms with Crippen LogP contribution in [0, 0.1) is 5.41 Å². The molecular formula is C11H12F3N5O7S3. The van der Waals surface area contributed by atoms with E-state index in [9.17, 15) is 34.8 Å². The van der Waals surface area contributed by atoms with Crippen LogP contribution in [0.15, 0.2) is 10.4 Å². The lowest BCUT2D eigenvalue weighted by atomic mass is 10.0. The highest BCUT2D eigenvalue weighted by molar-refractivity contribution is 7.90. The second-order valence-electron chi connectivity index (χ2n) is 6.02. The third kappa shape index (κ3) is 4.44. The number of carbonyl (C=O) groups is 1. The second-order valence-corrected chi connectivity index (χ2v) is 9.51. The van der Waals surface area contributed by atoms with Gasteiger partial charge in [0, 0.05) is 11.9 Å². The molecule has 2 aliphatic rings. The zero-order chi connectivity index (χ0) is 21.8. The maximum absolute atomic E-state index is 12.6. The molecule has 2 saturated heterocycles. The third-order valence-corrected chi connectivity index (χ3v) is 6.71. The summed E-state index contributed by atoms with van der Waals surface area (Å²) in [5, 5.41) is 6.71. The Balaban J connectivity index is 1.75. The number of carbonyl (C=O) groups excluding carboxylic acids is 1. The van der Waals surface area contributed by atoms with Gasteiger partial charge in [0.05, 0.1) is 12.1 Å². The summed E-state index contributed by atoms with van der Waals surface area (Å²) in [5.74, 6) is -0.716. The minimum absolute atomic E-state index is 0.0357. The van der Waals surface area contributed by atoms with Crippen molar-refractivity contribution in [2.24, 2.45) is 0 Å². The van der Waals surface area contributed by atoms with Crippen molar-refractivity contribution in [2.75, 3.05) is 6.54 Å². The number of urea groups is 1. The van der Waals surface area contributed by atoms with Crippen LogP contribution in [0.5, 0.6) is 0 Å². The summed E-state index contributed by atoms with van der Waals surface area (Å²) in [6.07, 6.45) is -4.68. The number of fused-ring (bicyclic) bond motifs is 2. The monoisotopic (exact) mass is 479 g/mol. The molecule has 2 amide bonds. The van der Waals surface area contributed by atoms with Crippen molar-refractivity contribution in [1.29, 1.82) is 5.41 Å². The highest BCUT2D eigenvalue weighted by Gasteiger charge is 2.49. The van der Waals surface area contributed by atoms with Crippen LogP contribution in [0.25, 0.3) is 0 Å². The van der Waals surface area contributed by atoms with Crippen LogP contribution in [0.4, 0.5) is 18.0 Å². The van der Waals surface area contributed by atoms with Crippen molar-refractivity contribution >= 4 is 43.6 Å². The van der Waals surface area contributed by atoms with E-state index in [-0.39, 0.29) is 30.7 Å². The van der Waals surface area contributed by atoms with Crippen molar-refractivity contribution in [3.05, 3.63) is 10.4 Å². The summed E-state index contributed by atoms with van der Waals surface area (Å²) < 4.78 is 98.8. The lowest BCUT2D eigenvalue weighted by molar-refractivity contribution is -0.137. The van der Waals surface area contributed by atoms with Gasteiger partial charge in [-0.1, -0.05) is 0 Å². The molecule has 0 saturated carbocycles. The van der Waals surface area contributed by atoms with Gasteiger partial charge in [-0.2, -0.15) is 35.1 Å². The Hall–Kier alpha value is -2.02. The number of amides is 2. The normalized spacial score (nSPS) is 22.8. The van der Waals surface area contributed by atoms with Crippen molar-refractivity contribution in [2.45, 2.75) is 36.1 Å². The number of hydrogen-bond donors (Lipinski definition) is 3. The number of alkyl halides is 3. The molecule has 12 nitrogen and oxygen atoms in total. The van der Waals surface area contributed by atoms with Gasteiger partial charge in [0.25, 0.3) is 10.0 Å². The van der Waals surface area contributed by atoms with E-state index in [1.165, 1.54) is 0 Å². The minimum atomic E-state index is -4.98. The molecular weight excluding hydrogens is 467 g/mol. The molecule has 2 atom stereocenters. The van der Waals surface area contributed by atoms with E-state index >= 15 is 0 Å². The van der Waals surface area contributed by atoms with E-state index < -0.39 is 60.6 Å². The van der Waals surface area contributed by atoms with Crippen LogP contribution < -0.4 is 4.72 Å². The number of aromatic nitrogens is 1. The number of thiazole rings is 1. The van der Waals surface area contributed by atoms with E-state index in [4.69, 9.17) is 9.96 Å². The molecule has 0 radical (unpaired) electrons. The number of hydrogen-bond acceptors (Lipinski definition) is 9. The number of nitrogens with one attached hydrogen (secondary N) is 2. The first-order chi connectivity index (χ1) is 13.2. The summed E-state index contributed by atoms with van der Waals surface area (Å²) in [7, 11) is -9.60. The van der Waals surface area contributed by atoms with Gasteiger partial charge in [0.2, 0.25) is 0 Å². The predicted octanol–water partition coefficient (Wildman–Crippen LogP) is 0.420. The Labute approximate surface area is 165 Å². The van der Waals surface area contributed by atoms with E-state index in [1.54, 1.807) is 4.72 Å². The number of hydroxylamine groups is 2. The Morgan fingerprint density at radius 1 is 1.34 bits per heavy atom. The molecule has 3 rings (SSSR count). The highest BCUT2D eigenvalue weighted by Crippen LogP contribution is 2.33. The fourth-order valence-electron chi connectivity index (χ4n) is 2.91. The van der Waals surface area contributed by atoms with Gasteiger partial charge >= 0.3 is 22.6 Å². The van der Waals surface area contributed by atoms with E-state index in [0.29, 0.717) is 10.4 Å². The lowest BCUT2D eigenvalue weighted by Gasteiger charge is -2.30. The van der Waals surface area contributed by atoms with Crippen molar-refractivity contribution in [3.63, 3.8) is 0 Å². The van der Waals surface area contributed by atoms with Crippen LogP contribution in [0.1, 0.15) is 17.8 Å². The molecule has 2 aliphatic heterocycles. The maximum Gasteiger partial charge on any atom is 0.443 e. The largest absolute Gasteiger partial charge is 0.443 e. The first-order valence-corrected chi connectivity index (χ1v) is 11.3. The molecule has 3 heterocycles. The van der Waals surface area contributed by atoms with Crippen molar-refractivity contribution in [1.82, 2.24) is 19.7 Å². The third-order valence-electron chi connectivity index (χ3n) is 4.08. The van der Waals surface area contributed by atoms with Gasteiger partial charge < -0.3 is 4.90 Å². The first kappa shape index (κ1) is 21.7. The predicted molar refractivity (Wildman–Crippen MR) is 88.5 cm³/mol. The van der Waals surface area contributed by atoms with Crippen LogP contribution in [-0.4, -0.2) is 66.8 Å². The maximum atomic E-state index is 12.6. The smallest absolute Gasteiger partial charge is 0.310 e. The number of piperidine rings is 1. The van der Waals surface area contributed by atoms with Gasteiger partial charge in [0.1, 0.15) is 5.84 Å². The fraction of sp³-hybridized carbons (Fsp3) is 0.545. The molecule has 0 spiro atoms. The minimum Gasteiger partial charge on any atom is -0.310 e. The number of halogens is 3. The SMILES string of the molecule is N=C(NS(=O)(=O)c1csc(C(F)(F)F)n1)C1CCC2CN1C(=O)N2OS(=O)(=O)O. The fourth-order valence-corrected chi connectivity index (χ4v) is 5.30. The molecule has 162 valence electrons. The van der Waals surface area contributed by atoms with E-state index in [0.717, 1.165) is 4.90 Å². The van der Waals surface area contributed by atoms with Crippen molar-refractivity contribution < 1.29 is 43.6 Å². The molecule has 2 bridgehead atoms. The van der Waals surface area contributed by atoms with Gasteiger partial charge in [-0.05, 0) is 12.8 Å². The van der Waals surface area contributed by atoms with E-state index in [2.05, 4.69) is 9.27 Å².